The van der Waals surface area contributed by atoms with E-state index in [1.165, 1.54) is 17.5 Å². The standard InChI is InChI=1S/C10H10OS2/c11-10(13-7-9-6-12-9)8-4-2-1-3-5-8/h1-5,9H,6-7H2. The molecular weight excluding hydrogens is 200 g/mol. The summed E-state index contributed by atoms with van der Waals surface area (Å²) in [5.41, 5.74) is 0.818. The minimum atomic E-state index is 0.202. The molecule has 1 unspecified atom stereocenters. The van der Waals surface area contributed by atoms with Crippen molar-refractivity contribution in [2.45, 2.75) is 5.25 Å². The second-order valence-corrected chi connectivity index (χ2v) is 5.25. The van der Waals surface area contributed by atoms with Crippen LogP contribution in [0.25, 0.3) is 0 Å². The van der Waals surface area contributed by atoms with Crippen molar-refractivity contribution < 1.29 is 4.79 Å². The van der Waals surface area contributed by atoms with Crippen LogP contribution >= 0.6 is 23.5 Å². The molecule has 68 valence electrons. The number of hydrogen-bond donors (Lipinski definition) is 0. The van der Waals surface area contributed by atoms with Crippen LogP contribution in [-0.4, -0.2) is 21.9 Å². The van der Waals surface area contributed by atoms with Gasteiger partial charge >= 0.3 is 0 Å². The van der Waals surface area contributed by atoms with Crippen LogP contribution in [0.3, 0.4) is 0 Å². The minimum absolute atomic E-state index is 0.202. The Morgan fingerprint density at radius 1 is 1.46 bits per heavy atom. The van der Waals surface area contributed by atoms with Gasteiger partial charge in [-0.15, -0.1) is 0 Å². The Morgan fingerprint density at radius 3 is 2.77 bits per heavy atom. The van der Waals surface area contributed by atoms with Crippen molar-refractivity contribution in [1.29, 1.82) is 0 Å². The Hall–Kier alpha value is -0.410. The van der Waals surface area contributed by atoms with E-state index < -0.39 is 0 Å². The highest BCUT2D eigenvalue weighted by molar-refractivity contribution is 8.15. The average molecular weight is 210 g/mol. The fourth-order valence-corrected chi connectivity index (χ4v) is 2.74. The highest BCUT2D eigenvalue weighted by Crippen LogP contribution is 2.33. The largest absolute Gasteiger partial charge is 0.282 e. The third-order valence-electron chi connectivity index (χ3n) is 1.81. The molecule has 1 atom stereocenters. The Balaban J connectivity index is 1.89. The molecule has 0 radical (unpaired) electrons. The van der Waals surface area contributed by atoms with Gasteiger partial charge < -0.3 is 0 Å². The van der Waals surface area contributed by atoms with Crippen LogP contribution in [0.15, 0.2) is 30.3 Å². The van der Waals surface area contributed by atoms with Gasteiger partial charge in [0.1, 0.15) is 0 Å². The molecule has 1 heterocycles. The maximum atomic E-state index is 11.5. The van der Waals surface area contributed by atoms with Gasteiger partial charge in [0.25, 0.3) is 0 Å². The zero-order valence-electron chi connectivity index (χ0n) is 7.10. The van der Waals surface area contributed by atoms with Crippen LogP contribution in [0.5, 0.6) is 0 Å². The third kappa shape index (κ3) is 2.78. The molecule has 1 fully saturated rings. The second kappa shape index (κ2) is 4.20. The number of benzene rings is 1. The van der Waals surface area contributed by atoms with Gasteiger partial charge in [0.2, 0.25) is 5.12 Å². The molecule has 1 aliphatic heterocycles. The van der Waals surface area contributed by atoms with Crippen molar-refractivity contribution in [3.8, 4) is 0 Å². The first kappa shape index (κ1) is 9.16. The van der Waals surface area contributed by atoms with Gasteiger partial charge in [0.05, 0.1) is 0 Å². The van der Waals surface area contributed by atoms with E-state index in [4.69, 9.17) is 0 Å². The summed E-state index contributed by atoms with van der Waals surface area (Å²) < 4.78 is 0. The van der Waals surface area contributed by atoms with Crippen molar-refractivity contribution in [2.24, 2.45) is 0 Å². The molecule has 1 saturated heterocycles. The monoisotopic (exact) mass is 210 g/mol. The van der Waals surface area contributed by atoms with Crippen LogP contribution in [0.4, 0.5) is 0 Å². The molecule has 0 aromatic heterocycles. The fraction of sp³-hybridized carbons (Fsp3) is 0.300. The predicted octanol–water partition coefficient (Wildman–Crippen LogP) is 2.68. The molecule has 3 heteroatoms. The third-order valence-corrected chi connectivity index (χ3v) is 4.06. The molecule has 1 nitrogen and oxygen atoms in total. The van der Waals surface area contributed by atoms with Crippen molar-refractivity contribution >= 4 is 28.6 Å². The summed E-state index contributed by atoms with van der Waals surface area (Å²) in [5.74, 6) is 2.20. The molecule has 0 bridgehead atoms. The Bertz CT molecular complexity index is 293. The summed E-state index contributed by atoms with van der Waals surface area (Å²) >= 11 is 3.37. The smallest absolute Gasteiger partial charge is 0.219 e. The second-order valence-electron chi connectivity index (χ2n) is 2.92. The van der Waals surface area contributed by atoms with Gasteiger partial charge in [0, 0.05) is 22.3 Å². The zero-order chi connectivity index (χ0) is 9.10. The van der Waals surface area contributed by atoms with Gasteiger partial charge in [-0.25, -0.2) is 0 Å². The number of carbonyl (C=O) groups is 1. The molecule has 0 aliphatic carbocycles. The lowest BCUT2D eigenvalue weighted by atomic mass is 10.2. The van der Waals surface area contributed by atoms with Crippen LogP contribution < -0.4 is 0 Å². The topological polar surface area (TPSA) is 17.1 Å². The minimum Gasteiger partial charge on any atom is -0.282 e. The Labute approximate surface area is 86.3 Å². The van der Waals surface area contributed by atoms with E-state index in [0.717, 1.165) is 16.6 Å². The van der Waals surface area contributed by atoms with Crippen LogP contribution in [0.1, 0.15) is 10.4 Å². The Kier molecular flexibility index (Phi) is 2.96. The summed E-state index contributed by atoms with van der Waals surface area (Å²) in [6.45, 7) is 0. The van der Waals surface area contributed by atoms with E-state index in [1.807, 2.05) is 42.1 Å². The zero-order valence-corrected chi connectivity index (χ0v) is 8.74. The molecule has 13 heavy (non-hydrogen) atoms. The predicted molar refractivity (Wildman–Crippen MR) is 59.5 cm³/mol. The number of carbonyl (C=O) groups excluding carboxylic acids is 1. The molecule has 0 amide bonds. The lowest BCUT2D eigenvalue weighted by molar-refractivity contribution is 0.108. The first-order valence-electron chi connectivity index (χ1n) is 4.20. The van der Waals surface area contributed by atoms with Crippen LogP contribution in [0, 0.1) is 0 Å². The van der Waals surface area contributed by atoms with Crippen LogP contribution in [-0.2, 0) is 0 Å². The Morgan fingerprint density at radius 2 is 2.15 bits per heavy atom. The number of thioether (sulfide) groups is 2. The molecule has 0 N–H and O–H groups in total. The van der Waals surface area contributed by atoms with Gasteiger partial charge in [-0.05, 0) is 0 Å². The van der Waals surface area contributed by atoms with Crippen molar-refractivity contribution in [3.63, 3.8) is 0 Å². The maximum Gasteiger partial charge on any atom is 0.219 e. The lowest BCUT2D eigenvalue weighted by Gasteiger charge is -1.97. The molecule has 1 aromatic carbocycles. The van der Waals surface area contributed by atoms with Crippen molar-refractivity contribution in [2.75, 3.05) is 11.5 Å². The molecule has 1 aliphatic rings. The normalized spacial score (nSPS) is 19.8. The van der Waals surface area contributed by atoms with Crippen molar-refractivity contribution in [1.82, 2.24) is 0 Å². The van der Waals surface area contributed by atoms with E-state index >= 15 is 0 Å². The molecule has 1 aromatic rings. The summed E-state index contributed by atoms with van der Waals surface area (Å²) in [6, 6.07) is 9.47. The quantitative estimate of drug-likeness (QED) is 0.714. The van der Waals surface area contributed by atoms with E-state index in [0.29, 0.717) is 0 Å². The number of hydrogen-bond acceptors (Lipinski definition) is 3. The molecular formula is C10H10OS2. The lowest BCUT2D eigenvalue weighted by Crippen LogP contribution is -1.97. The van der Waals surface area contributed by atoms with Gasteiger partial charge in [-0.3, -0.25) is 4.79 Å². The molecule has 2 rings (SSSR count). The van der Waals surface area contributed by atoms with Gasteiger partial charge in [0.15, 0.2) is 0 Å². The summed E-state index contributed by atoms with van der Waals surface area (Å²) in [7, 11) is 0. The SMILES string of the molecule is O=C(SCC1CS1)c1ccccc1. The fourth-order valence-electron chi connectivity index (χ4n) is 0.990. The van der Waals surface area contributed by atoms with E-state index in [-0.39, 0.29) is 5.12 Å². The van der Waals surface area contributed by atoms with E-state index in [1.54, 1.807) is 0 Å². The molecule has 0 saturated carbocycles. The van der Waals surface area contributed by atoms with Crippen molar-refractivity contribution in [3.05, 3.63) is 35.9 Å². The first-order chi connectivity index (χ1) is 6.36. The first-order valence-corrected chi connectivity index (χ1v) is 6.23. The highest BCUT2D eigenvalue weighted by atomic mass is 32.2. The number of rotatable bonds is 3. The maximum absolute atomic E-state index is 11.5. The van der Waals surface area contributed by atoms with Gasteiger partial charge in [-0.1, -0.05) is 42.1 Å². The summed E-state index contributed by atoms with van der Waals surface area (Å²) in [5, 5.41) is 0.936. The van der Waals surface area contributed by atoms with Crippen LogP contribution in [0.2, 0.25) is 0 Å². The van der Waals surface area contributed by atoms with E-state index in [2.05, 4.69) is 0 Å². The molecule has 0 spiro atoms. The van der Waals surface area contributed by atoms with E-state index in [9.17, 15) is 4.79 Å². The summed E-state index contributed by atoms with van der Waals surface area (Å²) in [4.78, 5) is 11.5. The highest BCUT2D eigenvalue weighted by Gasteiger charge is 2.23. The average Bonchev–Trinajstić information content (AvgIpc) is 2.99. The van der Waals surface area contributed by atoms with Gasteiger partial charge in [-0.2, -0.15) is 11.8 Å². The summed E-state index contributed by atoms with van der Waals surface area (Å²) in [6.07, 6.45) is 0.